The Bertz CT molecular complexity index is 465. The van der Waals surface area contributed by atoms with E-state index >= 15 is 0 Å². The summed E-state index contributed by atoms with van der Waals surface area (Å²) in [5.41, 5.74) is 0. The predicted molar refractivity (Wildman–Crippen MR) is 81.6 cm³/mol. The number of hydrogen-bond donors (Lipinski definition) is 0. The molecule has 5 nitrogen and oxygen atoms in total. The summed E-state index contributed by atoms with van der Waals surface area (Å²) >= 11 is 5.37. The minimum atomic E-state index is -0.611. The van der Waals surface area contributed by atoms with E-state index in [1.165, 1.54) is 32.1 Å². The van der Waals surface area contributed by atoms with Crippen LogP contribution in [0.2, 0.25) is 0 Å². The zero-order chi connectivity index (χ0) is 16.0. The van der Waals surface area contributed by atoms with Gasteiger partial charge in [0.1, 0.15) is 5.88 Å². The Morgan fingerprint density at radius 2 is 1.78 bits per heavy atom. The summed E-state index contributed by atoms with van der Waals surface area (Å²) in [5.74, 6) is 2.47. The van der Waals surface area contributed by atoms with Gasteiger partial charge in [-0.25, -0.2) is 4.79 Å². The van der Waals surface area contributed by atoms with Crippen molar-refractivity contribution >= 4 is 23.5 Å². The van der Waals surface area contributed by atoms with Crippen LogP contribution in [0.5, 0.6) is 0 Å². The molecule has 23 heavy (non-hydrogen) atoms. The van der Waals surface area contributed by atoms with Crippen LogP contribution in [-0.2, 0) is 23.8 Å². The molecule has 1 heterocycles. The molecule has 5 fully saturated rings. The van der Waals surface area contributed by atoms with Gasteiger partial charge in [0.05, 0.1) is 6.61 Å². The van der Waals surface area contributed by atoms with Crippen molar-refractivity contribution in [2.24, 2.45) is 29.6 Å². The Morgan fingerprint density at radius 3 is 2.39 bits per heavy atom. The zero-order valence-corrected chi connectivity index (χ0v) is 13.9. The Kier molecular flexibility index (Phi) is 4.26. The molecule has 2 unspecified atom stereocenters. The largest absolute Gasteiger partial charge is 0.465 e. The third-order valence-corrected chi connectivity index (χ3v) is 6.38. The van der Waals surface area contributed by atoms with Gasteiger partial charge in [-0.1, -0.05) is 0 Å². The maximum Gasteiger partial charge on any atom is 0.337 e. The van der Waals surface area contributed by atoms with Crippen LogP contribution in [-0.4, -0.2) is 36.8 Å². The third kappa shape index (κ3) is 2.98. The molecule has 1 aliphatic heterocycles. The lowest BCUT2D eigenvalue weighted by Crippen LogP contribution is -2.49. The summed E-state index contributed by atoms with van der Waals surface area (Å²) in [6.45, 7) is 0.139. The molecular formula is C17H23ClO5. The number of ether oxygens (including phenoxy) is 3. The molecule has 5 rings (SSSR count). The van der Waals surface area contributed by atoms with E-state index < -0.39 is 18.4 Å². The fourth-order valence-corrected chi connectivity index (χ4v) is 5.60. The number of esters is 2. The quantitative estimate of drug-likeness (QED) is 0.567. The first-order valence-corrected chi connectivity index (χ1v) is 9.25. The molecule has 128 valence electrons. The molecule has 5 aliphatic rings. The van der Waals surface area contributed by atoms with Crippen molar-refractivity contribution in [2.45, 2.75) is 50.9 Å². The van der Waals surface area contributed by atoms with Crippen molar-refractivity contribution in [2.75, 3.05) is 12.5 Å². The van der Waals surface area contributed by atoms with Crippen molar-refractivity contribution in [3.05, 3.63) is 0 Å². The van der Waals surface area contributed by atoms with Crippen LogP contribution in [0.4, 0.5) is 0 Å². The molecule has 4 aliphatic carbocycles. The summed E-state index contributed by atoms with van der Waals surface area (Å²) in [4.78, 5) is 23.1. The van der Waals surface area contributed by atoms with Gasteiger partial charge in [0.25, 0.3) is 0 Å². The topological polar surface area (TPSA) is 61.8 Å². The highest BCUT2D eigenvalue weighted by Crippen LogP contribution is 2.58. The fraction of sp³-hybridized carbons (Fsp3) is 0.882. The molecule has 0 N–H and O–H groups in total. The van der Waals surface area contributed by atoms with Gasteiger partial charge in [-0.3, -0.25) is 4.79 Å². The molecule has 0 amide bonds. The van der Waals surface area contributed by atoms with Gasteiger partial charge in [-0.05, 0) is 55.8 Å². The minimum Gasteiger partial charge on any atom is -0.465 e. The molecule has 2 atom stereocenters. The fourth-order valence-electron chi connectivity index (χ4n) is 5.52. The number of alkyl halides is 1. The van der Waals surface area contributed by atoms with Crippen LogP contribution in [0.25, 0.3) is 0 Å². The first-order chi connectivity index (χ1) is 11.1. The average molecular weight is 343 g/mol. The van der Waals surface area contributed by atoms with E-state index in [0.717, 1.165) is 11.8 Å². The van der Waals surface area contributed by atoms with Gasteiger partial charge in [-0.15, -0.1) is 11.6 Å². The number of rotatable bonds is 5. The molecule has 0 spiro atoms. The van der Waals surface area contributed by atoms with Crippen LogP contribution in [0, 0.1) is 29.6 Å². The van der Waals surface area contributed by atoms with Crippen LogP contribution in [0.1, 0.15) is 38.5 Å². The first kappa shape index (κ1) is 15.7. The Balaban J connectivity index is 1.34. The Labute approximate surface area is 141 Å². The third-order valence-electron chi connectivity index (χ3n) is 6.16. The summed E-state index contributed by atoms with van der Waals surface area (Å²) in [7, 11) is 0. The van der Waals surface area contributed by atoms with Crippen molar-refractivity contribution < 1.29 is 23.8 Å². The second-order valence-corrected chi connectivity index (χ2v) is 7.85. The van der Waals surface area contributed by atoms with Crippen molar-refractivity contribution in [3.8, 4) is 0 Å². The minimum absolute atomic E-state index is 0.139. The summed E-state index contributed by atoms with van der Waals surface area (Å²) in [5, 5.41) is 0. The highest BCUT2D eigenvalue weighted by atomic mass is 35.5. The number of carbonyl (C=O) groups is 2. The van der Waals surface area contributed by atoms with Crippen molar-refractivity contribution in [1.82, 2.24) is 0 Å². The van der Waals surface area contributed by atoms with Crippen LogP contribution in [0.15, 0.2) is 0 Å². The van der Waals surface area contributed by atoms with Gasteiger partial charge in [0, 0.05) is 12.3 Å². The van der Waals surface area contributed by atoms with E-state index in [1.807, 2.05) is 0 Å². The maximum atomic E-state index is 12.1. The van der Waals surface area contributed by atoms with Gasteiger partial charge in [0.2, 0.25) is 6.29 Å². The van der Waals surface area contributed by atoms with E-state index in [0.29, 0.717) is 24.2 Å². The number of hydrogen-bond acceptors (Lipinski definition) is 5. The predicted octanol–water partition coefficient (Wildman–Crippen LogP) is 2.50. The summed E-state index contributed by atoms with van der Waals surface area (Å²) in [6.07, 6.45) is 5.82. The second-order valence-electron chi connectivity index (χ2n) is 7.58. The number of carbonyl (C=O) groups excluding carboxylic acids is 2. The van der Waals surface area contributed by atoms with Gasteiger partial charge in [-0.2, -0.15) is 0 Å². The van der Waals surface area contributed by atoms with Crippen LogP contribution >= 0.6 is 11.6 Å². The molecule has 0 aromatic rings. The maximum absolute atomic E-state index is 12.1. The monoisotopic (exact) mass is 342 g/mol. The van der Waals surface area contributed by atoms with Crippen LogP contribution in [0.3, 0.4) is 0 Å². The van der Waals surface area contributed by atoms with Gasteiger partial charge < -0.3 is 14.2 Å². The highest BCUT2D eigenvalue weighted by molar-refractivity contribution is 6.26. The Hall–Kier alpha value is -0.810. The molecule has 6 heteroatoms. The Morgan fingerprint density at radius 1 is 1.13 bits per heavy atom. The van der Waals surface area contributed by atoms with Crippen molar-refractivity contribution in [3.63, 3.8) is 0 Å². The number of halogens is 1. The zero-order valence-electron chi connectivity index (χ0n) is 13.1. The molecule has 0 aromatic heterocycles. The summed E-state index contributed by atoms with van der Waals surface area (Å²) in [6, 6.07) is 0. The smallest absolute Gasteiger partial charge is 0.337 e. The van der Waals surface area contributed by atoms with E-state index in [2.05, 4.69) is 0 Å². The second kappa shape index (κ2) is 6.25. The van der Waals surface area contributed by atoms with E-state index in [9.17, 15) is 9.59 Å². The first-order valence-electron chi connectivity index (χ1n) is 8.71. The lowest BCUT2D eigenvalue weighted by Gasteiger charge is -2.55. The molecule has 4 saturated carbocycles. The summed E-state index contributed by atoms with van der Waals surface area (Å²) < 4.78 is 16.4. The van der Waals surface area contributed by atoms with Crippen LogP contribution < -0.4 is 0 Å². The highest BCUT2D eigenvalue weighted by Gasteiger charge is 2.54. The van der Waals surface area contributed by atoms with Crippen molar-refractivity contribution in [1.29, 1.82) is 0 Å². The molecule has 0 radical (unpaired) electrons. The van der Waals surface area contributed by atoms with Gasteiger partial charge >= 0.3 is 11.9 Å². The average Bonchev–Trinajstić information content (AvgIpc) is 2.87. The van der Waals surface area contributed by atoms with Gasteiger partial charge in [0.15, 0.2) is 6.10 Å². The lowest BCUT2D eigenvalue weighted by atomic mass is 9.51. The molecule has 1 saturated heterocycles. The molecular weight excluding hydrogens is 320 g/mol. The van der Waals surface area contributed by atoms with E-state index in [-0.39, 0.29) is 18.5 Å². The molecule has 0 aromatic carbocycles. The lowest BCUT2D eigenvalue weighted by molar-refractivity contribution is -0.180. The standard InChI is InChI=1S/C17H23ClO5/c18-8-14(19)21-2-1-13-16(20)23-17(22-13)15-11-4-9-3-10(6-11)7-12(15)5-9/h9-13,15,17H,1-8H2. The van der Waals surface area contributed by atoms with E-state index in [1.54, 1.807) is 0 Å². The molecule has 4 bridgehead atoms. The normalized spacial score (nSPS) is 44.4. The van der Waals surface area contributed by atoms with E-state index in [4.69, 9.17) is 25.8 Å². The SMILES string of the molecule is O=C(CCl)OCCC1OC(C2C3CC4CC(C3)CC2C4)OC1=O. The number of cyclic esters (lactones) is 1.